The van der Waals surface area contributed by atoms with Crippen molar-refractivity contribution in [3.63, 3.8) is 0 Å². The second kappa shape index (κ2) is 10.6. The fourth-order valence-electron chi connectivity index (χ4n) is 1.24. The molecule has 0 saturated heterocycles. The number of rotatable bonds is 2. The highest BCUT2D eigenvalue weighted by Gasteiger charge is 1.90. The lowest BCUT2D eigenvalue weighted by atomic mass is 10.2. The molecular weight excluding hydrogens is 280 g/mol. The minimum Gasteiger partial charge on any atom is -0.481 e. The first-order chi connectivity index (χ1) is 10.3. The van der Waals surface area contributed by atoms with Gasteiger partial charge in [-0.3, -0.25) is 15.6 Å². The maximum atomic E-state index is 9.00. The van der Waals surface area contributed by atoms with Crippen molar-refractivity contribution in [2.24, 2.45) is 11.5 Å². The summed E-state index contributed by atoms with van der Waals surface area (Å²) < 4.78 is 0. The van der Waals surface area contributed by atoms with E-state index in [0.29, 0.717) is 0 Å². The highest BCUT2D eigenvalue weighted by Crippen LogP contribution is 1.95. The van der Waals surface area contributed by atoms with Gasteiger partial charge in [-0.15, -0.1) is 0 Å². The van der Waals surface area contributed by atoms with Gasteiger partial charge in [0.15, 0.2) is 0 Å². The molecule has 2 aromatic rings. The van der Waals surface area contributed by atoms with Gasteiger partial charge >= 0.3 is 0 Å². The van der Waals surface area contributed by atoms with Crippen LogP contribution in [0.3, 0.4) is 0 Å². The van der Waals surface area contributed by atoms with E-state index < -0.39 is 5.97 Å². The third-order valence-corrected chi connectivity index (χ3v) is 2.17. The number of hydrogen-bond acceptors (Lipinski definition) is 3. The molecule has 0 radical (unpaired) electrons. The average Bonchev–Trinajstić information content (AvgIpc) is 2.49. The molecule has 0 unspecified atom stereocenters. The Bertz CT molecular complexity index is 545. The van der Waals surface area contributed by atoms with Crippen LogP contribution in [0.4, 0.5) is 0 Å². The normalized spacial score (nSPS) is 8.41. The first-order valence-electron chi connectivity index (χ1n) is 6.33. The summed E-state index contributed by atoms with van der Waals surface area (Å²) in [7, 11) is 0. The molecule has 0 atom stereocenters. The largest absolute Gasteiger partial charge is 0.481 e. The monoisotopic (exact) mass is 300 g/mol. The lowest BCUT2D eigenvalue weighted by molar-refractivity contribution is -0.134. The Kier molecular flexibility index (Phi) is 9.10. The van der Waals surface area contributed by atoms with Crippen LogP contribution in [0.5, 0.6) is 0 Å². The van der Waals surface area contributed by atoms with E-state index in [0.717, 1.165) is 18.1 Å². The summed E-state index contributed by atoms with van der Waals surface area (Å²) in [5, 5.41) is 21.4. The van der Waals surface area contributed by atoms with E-state index in [1.54, 1.807) is 0 Å². The van der Waals surface area contributed by atoms with E-state index in [1.807, 2.05) is 60.7 Å². The zero-order valence-electron chi connectivity index (χ0n) is 12.3. The molecule has 116 valence electrons. The number of amidine groups is 2. The van der Waals surface area contributed by atoms with Crippen LogP contribution in [0.2, 0.25) is 0 Å². The van der Waals surface area contributed by atoms with Gasteiger partial charge in [-0.05, 0) is 0 Å². The van der Waals surface area contributed by atoms with Crippen LogP contribution in [0.1, 0.15) is 18.1 Å². The molecule has 0 aliphatic heterocycles. The molecule has 0 aromatic heterocycles. The second-order valence-electron chi connectivity index (χ2n) is 4.08. The number of nitrogens with one attached hydrogen (secondary N) is 2. The molecule has 6 heteroatoms. The molecular formula is C16H20N4O2. The number of benzene rings is 2. The number of carboxylic acid groups (broad SMARTS) is 1. The first kappa shape index (κ1) is 18.9. The van der Waals surface area contributed by atoms with Crippen molar-refractivity contribution in [1.82, 2.24) is 0 Å². The van der Waals surface area contributed by atoms with Crippen LogP contribution >= 0.6 is 0 Å². The van der Waals surface area contributed by atoms with Crippen LogP contribution in [-0.4, -0.2) is 22.7 Å². The molecule has 0 bridgehead atoms. The van der Waals surface area contributed by atoms with Gasteiger partial charge in [0.25, 0.3) is 5.97 Å². The fraction of sp³-hybridized carbons (Fsp3) is 0.0625. The standard InChI is InChI=1S/2C7H8N2.C2H4O2/c2*8-7(9)6-4-2-1-3-5-6;1-2(3)4/h2*1-5H,(H3,8,9);1H3,(H,3,4). The van der Waals surface area contributed by atoms with Gasteiger partial charge < -0.3 is 16.6 Å². The van der Waals surface area contributed by atoms with E-state index in [-0.39, 0.29) is 11.7 Å². The summed E-state index contributed by atoms with van der Waals surface area (Å²) in [6.45, 7) is 1.08. The third-order valence-electron chi connectivity index (χ3n) is 2.17. The van der Waals surface area contributed by atoms with Gasteiger partial charge in [-0.1, -0.05) is 60.7 Å². The Morgan fingerprint density at radius 2 is 1.05 bits per heavy atom. The average molecular weight is 300 g/mol. The third kappa shape index (κ3) is 9.74. The lowest BCUT2D eigenvalue weighted by Gasteiger charge is -1.93. The summed E-state index contributed by atoms with van der Waals surface area (Å²) in [6, 6.07) is 18.5. The number of carbonyl (C=O) groups is 1. The maximum absolute atomic E-state index is 9.00. The Morgan fingerprint density at radius 1 is 0.818 bits per heavy atom. The Hall–Kier alpha value is -3.15. The van der Waals surface area contributed by atoms with E-state index in [1.165, 1.54) is 0 Å². The van der Waals surface area contributed by atoms with Crippen molar-refractivity contribution >= 4 is 17.6 Å². The number of nitrogens with two attached hydrogens (primary N) is 2. The topological polar surface area (TPSA) is 137 Å². The smallest absolute Gasteiger partial charge is 0.300 e. The molecule has 0 amide bonds. The van der Waals surface area contributed by atoms with E-state index >= 15 is 0 Å². The van der Waals surface area contributed by atoms with E-state index in [2.05, 4.69) is 0 Å². The quantitative estimate of drug-likeness (QED) is 0.428. The SMILES string of the molecule is CC(=O)O.N=C(N)c1ccccc1.N=C(N)c1ccccc1. The van der Waals surface area contributed by atoms with Gasteiger partial charge in [0, 0.05) is 18.1 Å². The first-order valence-corrected chi connectivity index (χ1v) is 6.33. The summed E-state index contributed by atoms with van der Waals surface area (Å²) in [5.74, 6) is -0.591. The number of nitrogen functional groups attached to an aromatic ring is 2. The molecule has 2 rings (SSSR count). The van der Waals surface area contributed by atoms with E-state index in [9.17, 15) is 0 Å². The van der Waals surface area contributed by atoms with Crippen molar-refractivity contribution < 1.29 is 9.90 Å². The molecule has 22 heavy (non-hydrogen) atoms. The van der Waals surface area contributed by atoms with Gasteiger partial charge in [0.1, 0.15) is 11.7 Å². The van der Waals surface area contributed by atoms with Crippen LogP contribution < -0.4 is 11.5 Å². The maximum Gasteiger partial charge on any atom is 0.300 e. The van der Waals surface area contributed by atoms with Crippen molar-refractivity contribution in [3.05, 3.63) is 71.8 Å². The molecule has 6 nitrogen and oxygen atoms in total. The van der Waals surface area contributed by atoms with Gasteiger partial charge in [0.05, 0.1) is 0 Å². The van der Waals surface area contributed by atoms with Crippen LogP contribution in [0.25, 0.3) is 0 Å². The summed E-state index contributed by atoms with van der Waals surface area (Å²) in [5.41, 5.74) is 11.9. The van der Waals surface area contributed by atoms with Crippen molar-refractivity contribution in [2.75, 3.05) is 0 Å². The fourth-order valence-corrected chi connectivity index (χ4v) is 1.24. The summed E-state index contributed by atoms with van der Waals surface area (Å²) in [6.07, 6.45) is 0. The highest BCUT2D eigenvalue weighted by molar-refractivity contribution is 5.95. The number of hydrogen-bond donors (Lipinski definition) is 5. The molecule has 0 fully saturated rings. The minimum absolute atomic E-state index is 0.121. The van der Waals surface area contributed by atoms with Crippen molar-refractivity contribution in [1.29, 1.82) is 10.8 Å². The molecule has 7 N–H and O–H groups in total. The Labute approximate surface area is 129 Å². The number of carboxylic acids is 1. The molecule has 0 aliphatic carbocycles. The second-order valence-corrected chi connectivity index (χ2v) is 4.08. The highest BCUT2D eigenvalue weighted by atomic mass is 16.4. The van der Waals surface area contributed by atoms with Gasteiger partial charge in [-0.25, -0.2) is 0 Å². The molecule has 2 aromatic carbocycles. The van der Waals surface area contributed by atoms with Crippen molar-refractivity contribution in [2.45, 2.75) is 6.92 Å². The Morgan fingerprint density at radius 3 is 1.18 bits per heavy atom. The summed E-state index contributed by atoms with van der Waals surface area (Å²) in [4.78, 5) is 9.00. The van der Waals surface area contributed by atoms with Crippen LogP contribution in [0.15, 0.2) is 60.7 Å². The predicted octanol–water partition coefficient (Wildman–Crippen LogP) is 2.03. The Balaban J connectivity index is 0.000000326. The molecule has 0 heterocycles. The zero-order chi connectivity index (χ0) is 17.0. The van der Waals surface area contributed by atoms with Crippen LogP contribution in [-0.2, 0) is 4.79 Å². The van der Waals surface area contributed by atoms with Crippen molar-refractivity contribution in [3.8, 4) is 0 Å². The minimum atomic E-state index is -0.833. The van der Waals surface area contributed by atoms with E-state index in [4.69, 9.17) is 32.2 Å². The predicted molar refractivity (Wildman–Crippen MR) is 88.2 cm³/mol. The number of aliphatic carboxylic acids is 1. The molecule has 0 spiro atoms. The lowest BCUT2D eigenvalue weighted by Crippen LogP contribution is -2.10. The van der Waals surface area contributed by atoms with Gasteiger partial charge in [-0.2, -0.15) is 0 Å². The molecule has 0 saturated carbocycles. The molecule has 0 aliphatic rings. The zero-order valence-corrected chi connectivity index (χ0v) is 12.3. The van der Waals surface area contributed by atoms with Crippen LogP contribution in [0, 0.1) is 10.8 Å². The summed E-state index contributed by atoms with van der Waals surface area (Å²) >= 11 is 0. The van der Waals surface area contributed by atoms with Gasteiger partial charge in [0.2, 0.25) is 0 Å².